The van der Waals surface area contributed by atoms with E-state index in [4.69, 9.17) is 0 Å². The summed E-state index contributed by atoms with van der Waals surface area (Å²) in [5, 5.41) is 7.48. The quantitative estimate of drug-likeness (QED) is 0.366. The van der Waals surface area contributed by atoms with Gasteiger partial charge in [-0.15, -0.1) is 0 Å². The number of unbranched alkanes of at least 4 members (excludes halogenated alkanes) is 3. The molecule has 0 bridgehead atoms. The molecule has 0 saturated carbocycles. The van der Waals surface area contributed by atoms with Crippen molar-refractivity contribution in [2.24, 2.45) is 0 Å². The van der Waals surface area contributed by atoms with E-state index in [2.05, 4.69) is 23.0 Å². The summed E-state index contributed by atoms with van der Waals surface area (Å²) < 4.78 is 15.1. The van der Waals surface area contributed by atoms with E-state index >= 15 is 0 Å². The minimum absolute atomic E-state index is 0.186. The highest BCUT2D eigenvalue weighted by Crippen LogP contribution is 2.22. The number of nitrogens with zero attached hydrogens (tertiary/aromatic N) is 2. The van der Waals surface area contributed by atoms with Crippen molar-refractivity contribution in [3.05, 3.63) is 77.7 Å². The van der Waals surface area contributed by atoms with E-state index in [0.29, 0.717) is 18.8 Å². The van der Waals surface area contributed by atoms with Crippen molar-refractivity contribution in [1.29, 1.82) is 0 Å². The summed E-state index contributed by atoms with van der Waals surface area (Å²) in [5.41, 5.74) is 3.05. The fourth-order valence-electron chi connectivity index (χ4n) is 3.14. The van der Waals surface area contributed by atoms with E-state index in [-0.39, 0.29) is 11.7 Å². The van der Waals surface area contributed by atoms with E-state index in [9.17, 15) is 9.18 Å². The van der Waals surface area contributed by atoms with Crippen LogP contribution in [0.25, 0.3) is 11.3 Å². The van der Waals surface area contributed by atoms with E-state index in [1.807, 2.05) is 30.3 Å². The molecule has 0 radical (unpaired) electrons. The first-order valence-corrected chi connectivity index (χ1v) is 10.6. The number of thiol groups is 1. The summed E-state index contributed by atoms with van der Waals surface area (Å²) in [5.74, 6) is 0.422. The van der Waals surface area contributed by atoms with Crippen molar-refractivity contribution < 1.29 is 9.18 Å². The van der Waals surface area contributed by atoms with Crippen LogP contribution in [-0.2, 0) is 6.54 Å². The monoisotopic (exact) mass is 411 g/mol. The summed E-state index contributed by atoms with van der Waals surface area (Å²) in [6, 6.07) is 17.9. The van der Waals surface area contributed by atoms with Crippen molar-refractivity contribution in [1.82, 2.24) is 15.1 Å². The third kappa shape index (κ3) is 6.19. The lowest BCUT2D eigenvalue weighted by molar-refractivity contribution is 0.0947. The minimum Gasteiger partial charge on any atom is -0.351 e. The van der Waals surface area contributed by atoms with Crippen LogP contribution in [0.15, 0.2) is 60.7 Å². The predicted octanol–water partition coefficient (Wildman–Crippen LogP) is 4.96. The molecule has 0 aliphatic rings. The zero-order valence-electron chi connectivity index (χ0n) is 16.4. The van der Waals surface area contributed by atoms with Gasteiger partial charge in [0.05, 0.1) is 12.2 Å². The summed E-state index contributed by atoms with van der Waals surface area (Å²) in [7, 11) is 0. The van der Waals surface area contributed by atoms with Gasteiger partial charge in [0.1, 0.15) is 5.82 Å². The zero-order chi connectivity index (χ0) is 20.5. The first-order chi connectivity index (χ1) is 14.2. The number of aromatic nitrogens is 2. The Hall–Kier alpha value is -2.60. The molecule has 6 heteroatoms. The van der Waals surface area contributed by atoms with E-state index < -0.39 is 0 Å². The molecule has 29 heavy (non-hydrogen) atoms. The lowest BCUT2D eigenvalue weighted by Crippen LogP contribution is -2.25. The highest BCUT2D eigenvalue weighted by atomic mass is 32.1. The third-order valence-corrected chi connectivity index (χ3v) is 5.01. The highest BCUT2D eigenvalue weighted by Gasteiger charge is 2.16. The number of carbonyl (C=O) groups is 1. The van der Waals surface area contributed by atoms with Crippen LogP contribution in [0.4, 0.5) is 4.39 Å². The number of benzene rings is 2. The number of hydrogen-bond donors (Lipinski definition) is 2. The molecule has 0 atom stereocenters. The first-order valence-electron chi connectivity index (χ1n) is 9.94. The number of nitrogens with one attached hydrogen (secondary N) is 1. The van der Waals surface area contributed by atoms with Gasteiger partial charge in [-0.05, 0) is 54.5 Å². The summed E-state index contributed by atoms with van der Waals surface area (Å²) in [4.78, 5) is 12.6. The van der Waals surface area contributed by atoms with E-state index in [0.717, 1.165) is 48.3 Å². The standard InChI is InChI=1S/C23H26FN3OS/c24-20-12-10-19(11-13-20)22-16-21(23(28)25-14-6-1-2-7-15-29)26-27(22)17-18-8-4-3-5-9-18/h3-5,8-13,16,29H,1-2,6-7,14-15,17H2,(H,25,28). The summed E-state index contributed by atoms with van der Waals surface area (Å²) in [6.45, 7) is 1.16. The average Bonchev–Trinajstić information content (AvgIpc) is 3.15. The summed E-state index contributed by atoms with van der Waals surface area (Å²) >= 11 is 4.21. The van der Waals surface area contributed by atoms with Crippen LogP contribution in [0.2, 0.25) is 0 Å². The van der Waals surface area contributed by atoms with E-state index in [1.54, 1.807) is 22.9 Å². The van der Waals surface area contributed by atoms with Gasteiger partial charge in [-0.1, -0.05) is 43.2 Å². The Morgan fingerprint density at radius 1 is 1.00 bits per heavy atom. The molecule has 0 spiro atoms. The molecule has 0 fully saturated rings. The maximum absolute atomic E-state index is 13.3. The Kier molecular flexibility index (Phi) is 7.87. The molecule has 2 aromatic carbocycles. The van der Waals surface area contributed by atoms with Crippen LogP contribution in [-0.4, -0.2) is 28.0 Å². The van der Waals surface area contributed by atoms with Crippen LogP contribution in [0.1, 0.15) is 41.7 Å². The van der Waals surface area contributed by atoms with Gasteiger partial charge in [0, 0.05) is 12.1 Å². The number of halogens is 1. The third-order valence-electron chi connectivity index (χ3n) is 4.70. The molecule has 4 nitrogen and oxygen atoms in total. The Morgan fingerprint density at radius 2 is 1.72 bits per heavy atom. The Morgan fingerprint density at radius 3 is 2.45 bits per heavy atom. The van der Waals surface area contributed by atoms with Gasteiger partial charge in [-0.3, -0.25) is 9.48 Å². The maximum Gasteiger partial charge on any atom is 0.271 e. The smallest absolute Gasteiger partial charge is 0.271 e. The Labute approximate surface area is 176 Å². The molecule has 0 aliphatic carbocycles. The number of carbonyl (C=O) groups excluding carboxylic acids is 1. The highest BCUT2D eigenvalue weighted by molar-refractivity contribution is 7.80. The van der Waals surface area contributed by atoms with Crippen molar-refractivity contribution in [3.8, 4) is 11.3 Å². The lowest BCUT2D eigenvalue weighted by Gasteiger charge is -2.08. The maximum atomic E-state index is 13.3. The van der Waals surface area contributed by atoms with Gasteiger partial charge in [-0.2, -0.15) is 17.7 Å². The SMILES string of the molecule is O=C(NCCCCCCS)c1cc(-c2ccc(F)cc2)n(Cc2ccccc2)n1. The molecule has 1 N–H and O–H groups in total. The second-order valence-electron chi connectivity index (χ2n) is 6.96. The largest absolute Gasteiger partial charge is 0.351 e. The molecule has 0 unspecified atom stereocenters. The normalized spacial score (nSPS) is 10.8. The molecule has 3 aromatic rings. The van der Waals surface area contributed by atoms with Gasteiger partial charge < -0.3 is 5.32 Å². The van der Waals surface area contributed by atoms with Crippen molar-refractivity contribution in [3.63, 3.8) is 0 Å². The van der Waals surface area contributed by atoms with Gasteiger partial charge in [0.2, 0.25) is 0 Å². The number of amides is 1. The molecular weight excluding hydrogens is 385 g/mol. The van der Waals surface area contributed by atoms with E-state index in [1.165, 1.54) is 12.1 Å². The van der Waals surface area contributed by atoms with Crippen molar-refractivity contribution >= 4 is 18.5 Å². The topological polar surface area (TPSA) is 46.9 Å². The molecular formula is C23H26FN3OS. The Bertz CT molecular complexity index is 910. The molecule has 0 saturated heterocycles. The van der Waals surface area contributed by atoms with Gasteiger partial charge in [-0.25, -0.2) is 4.39 Å². The van der Waals surface area contributed by atoms with Crippen LogP contribution in [0.3, 0.4) is 0 Å². The van der Waals surface area contributed by atoms with Crippen LogP contribution >= 0.6 is 12.6 Å². The molecule has 1 heterocycles. The second kappa shape index (κ2) is 10.8. The minimum atomic E-state index is -0.293. The molecule has 152 valence electrons. The summed E-state index contributed by atoms with van der Waals surface area (Å²) in [6.07, 6.45) is 4.24. The first kappa shape index (κ1) is 21.1. The fraction of sp³-hybridized carbons (Fsp3) is 0.304. The molecule has 0 aliphatic heterocycles. The number of rotatable bonds is 10. The van der Waals surface area contributed by atoms with Crippen LogP contribution in [0, 0.1) is 5.82 Å². The fourth-order valence-corrected chi connectivity index (χ4v) is 3.36. The molecule has 1 aromatic heterocycles. The van der Waals surface area contributed by atoms with Gasteiger partial charge in [0.15, 0.2) is 5.69 Å². The van der Waals surface area contributed by atoms with Crippen LogP contribution < -0.4 is 5.32 Å². The van der Waals surface area contributed by atoms with Crippen molar-refractivity contribution in [2.75, 3.05) is 12.3 Å². The van der Waals surface area contributed by atoms with Gasteiger partial charge in [0.25, 0.3) is 5.91 Å². The second-order valence-corrected chi connectivity index (χ2v) is 7.41. The lowest BCUT2D eigenvalue weighted by atomic mass is 10.1. The average molecular weight is 412 g/mol. The van der Waals surface area contributed by atoms with Crippen LogP contribution in [0.5, 0.6) is 0 Å². The number of hydrogen-bond acceptors (Lipinski definition) is 3. The Balaban J connectivity index is 1.75. The van der Waals surface area contributed by atoms with Gasteiger partial charge >= 0.3 is 0 Å². The zero-order valence-corrected chi connectivity index (χ0v) is 17.2. The van der Waals surface area contributed by atoms with Crippen molar-refractivity contribution in [2.45, 2.75) is 32.2 Å². The molecule has 1 amide bonds. The predicted molar refractivity (Wildman–Crippen MR) is 118 cm³/mol. The molecule has 3 rings (SSSR count).